The van der Waals surface area contributed by atoms with Gasteiger partial charge in [-0.2, -0.15) is 13.2 Å². The molecule has 2 amide bonds. The summed E-state index contributed by atoms with van der Waals surface area (Å²) >= 11 is 6.80. The van der Waals surface area contributed by atoms with Crippen LogP contribution in [0.15, 0.2) is 91.0 Å². The Balaban J connectivity index is 1.27. The molecule has 0 aromatic heterocycles. The lowest BCUT2D eigenvalue weighted by Crippen LogP contribution is -2.44. The molecule has 0 bridgehead atoms. The van der Waals surface area contributed by atoms with Crippen LogP contribution in [0.3, 0.4) is 0 Å². The molecule has 5 rings (SSSR count). The van der Waals surface area contributed by atoms with Crippen LogP contribution in [0.5, 0.6) is 0 Å². The van der Waals surface area contributed by atoms with Crippen LogP contribution in [0.1, 0.15) is 114 Å². The third-order valence-corrected chi connectivity index (χ3v) is 11.0. The number of halogens is 4. The van der Waals surface area contributed by atoms with Gasteiger partial charge in [-0.15, -0.1) is 0 Å². The van der Waals surface area contributed by atoms with Crippen molar-refractivity contribution in [3.8, 4) is 0 Å². The van der Waals surface area contributed by atoms with E-state index in [2.05, 4.69) is 10.6 Å². The number of nitrogens with one attached hydrogen (secondary N) is 2. The highest BCUT2D eigenvalue weighted by atomic mass is 35.5. The van der Waals surface area contributed by atoms with Crippen molar-refractivity contribution < 1.29 is 52.0 Å². The number of carboxylic acid groups (broad SMARTS) is 2. The highest BCUT2D eigenvalue weighted by Crippen LogP contribution is 2.46. The Labute approximate surface area is 346 Å². The number of aromatic carboxylic acids is 2. The maximum Gasteiger partial charge on any atom is 0.416 e. The Morgan fingerprint density at radius 1 is 0.763 bits per heavy atom. The molecule has 0 aliphatic heterocycles. The van der Waals surface area contributed by atoms with Gasteiger partial charge in [-0.3, -0.25) is 9.59 Å². The largest absolute Gasteiger partial charge is 0.478 e. The summed E-state index contributed by atoms with van der Waals surface area (Å²) in [6, 6.07) is 21.9. The summed E-state index contributed by atoms with van der Waals surface area (Å²) in [7, 11) is 0. The van der Waals surface area contributed by atoms with Gasteiger partial charge < -0.3 is 30.3 Å². The average Bonchev–Trinajstić information content (AvgIpc) is 3.97. The van der Waals surface area contributed by atoms with E-state index in [4.69, 9.17) is 21.1 Å². The number of carboxylic acids is 2. The molecule has 1 aliphatic rings. The van der Waals surface area contributed by atoms with Gasteiger partial charge in [-0.1, -0.05) is 80.9 Å². The van der Waals surface area contributed by atoms with Gasteiger partial charge in [0.25, 0.3) is 0 Å². The Morgan fingerprint density at radius 2 is 1.32 bits per heavy atom. The molecule has 0 spiro atoms. The predicted octanol–water partition coefficient (Wildman–Crippen LogP) is 9.30. The van der Waals surface area contributed by atoms with Crippen LogP contribution in [-0.2, 0) is 43.8 Å². The lowest BCUT2D eigenvalue weighted by molar-refractivity contribution is -0.141. The van der Waals surface area contributed by atoms with Crippen LogP contribution in [0.2, 0.25) is 5.02 Å². The van der Waals surface area contributed by atoms with Gasteiger partial charge in [0.2, 0.25) is 11.8 Å². The Morgan fingerprint density at radius 3 is 1.83 bits per heavy atom. The zero-order valence-corrected chi connectivity index (χ0v) is 34.1. The van der Waals surface area contributed by atoms with Gasteiger partial charge in [-0.25, -0.2) is 9.59 Å². The molecular formula is C45H48ClF3N2O8. The average molecular weight is 837 g/mol. The van der Waals surface area contributed by atoms with Crippen LogP contribution in [0, 0.1) is 11.8 Å². The molecule has 4 N–H and O–H groups in total. The SMILES string of the molecule is CC(O[C@@H](C(=O)N[C@@H](C)c1ccc(C(=O)O)cc1)C(C)Cc1ccc(CO[C@@H](C(=O)NC2(c3ccc(C(=O)O)cc3)CC2)C(C)C)cc1Cl)c1ccc(C(F)(F)F)cc1. The molecule has 10 nitrogen and oxygen atoms in total. The summed E-state index contributed by atoms with van der Waals surface area (Å²) in [6.07, 6.45) is -5.43. The van der Waals surface area contributed by atoms with Crippen molar-refractivity contribution in [3.63, 3.8) is 0 Å². The van der Waals surface area contributed by atoms with Crippen LogP contribution in [0.4, 0.5) is 13.2 Å². The highest BCUT2D eigenvalue weighted by Gasteiger charge is 2.47. The number of hydrogen-bond acceptors (Lipinski definition) is 6. The fourth-order valence-electron chi connectivity index (χ4n) is 6.90. The molecular weight excluding hydrogens is 789 g/mol. The molecule has 4 aromatic rings. The normalized spacial score (nSPS) is 16.0. The van der Waals surface area contributed by atoms with Crippen molar-refractivity contribution in [2.75, 3.05) is 0 Å². The summed E-state index contributed by atoms with van der Waals surface area (Å²) < 4.78 is 52.2. The topological polar surface area (TPSA) is 151 Å². The van der Waals surface area contributed by atoms with Crippen molar-refractivity contribution in [1.29, 1.82) is 0 Å². The van der Waals surface area contributed by atoms with Crippen LogP contribution in [-0.4, -0.2) is 46.2 Å². The van der Waals surface area contributed by atoms with E-state index in [0.717, 1.165) is 17.7 Å². The molecule has 14 heteroatoms. The number of carbonyl (C=O) groups excluding carboxylic acids is 2. The molecule has 0 saturated heterocycles. The van der Waals surface area contributed by atoms with Gasteiger partial charge in [0, 0.05) is 5.02 Å². The van der Waals surface area contributed by atoms with Crippen molar-refractivity contribution in [3.05, 3.63) is 141 Å². The van der Waals surface area contributed by atoms with E-state index < -0.39 is 65.4 Å². The maximum absolute atomic E-state index is 13.9. The first-order valence-corrected chi connectivity index (χ1v) is 19.7. The molecule has 59 heavy (non-hydrogen) atoms. The predicted molar refractivity (Wildman–Crippen MR) is 215 cm³/mol. The van der Waals surface area contributed by atoms with Gasteiger partial charge in [0.1, 0.15) is 12.2 Å². The van der Waals surface area contributed by atoms with E-state index in [1.54, 1.807) is 44.2 Å². The lowest BCUT2D eigenvalue weighted by Gasteiger charge is -2.29. The van der Waals surface area contributed by atoms with Gasteiger partial charge in [0.05, 0.1) is 41.0 Å². The van der Waals surface area contributed by atoms with E-state index >= 15 is 0 Å². The van der Waals surface area contributed by atoms with Gasteiger partial charge in [-0.05, 0) is 115 Å². The Hall–Kier alpha value is -5.24. The minimum atomic E-state index is -4.51. The summed E-state index contributed by atoms with van der Waals surface area (Å²) in [5.41, 5.74) is 2.21. The quantitative estimate of drug-likeness (QED) is 0.0775. The molecule has 2 unspecified atom stereocenters. The fourth-order valence-corrected chi connectivity index (χ4v) is 7.18. The fraction of sp³-hybridized carbons (Fsp3) is 0.378. The van der Waals surface area contributed by atoms with Crippen molar-refractivity contribution in [2.45, 2.75) is 96.6 Å². The molecule has 0 radical (unpaired) electrons. The first-order valence-electron chi connectivity index (χ1n) is 19.3. The van der Waals surface area contributed by atoms with E-state index in [1.165, 1.54) is 36.4 Å². The Kier molecular flexibility index (Phi) is 14.3. The number of hydrogen-bond donors (Lipinski definition) is 4. The number of benzene rings is 4. The first-order chi connectivity index (χ1) is 27.8. The lowest BCUT2D eigenvalue weighted by atomic mass is 9.93. The summed E-state index contributed by atoms with van der Waals surface area (Å²) in [6.45, 7) is 9.04. The van der Waals surface area contributed by atoms with Gasteiger partial charge in [0.15, 0.2) is 0 Å². The van der Waals surface area contributed by atoms with Crippen LogP contribution < -0.4 is 10.6 Å². The zero-order valence-electron chi connectivity index (χ0n) is 33.3. The zero-order chi connectivity index (χ0) is 43.2. The monoisotopic (exact) mass is 836 g/mol. The van der Waals surface area contributed by atoms with E-state index in [1.807, 2.05) is 32.9 Å². The molecule has 1 aliphatic carbocycles. The second-order valence-corrected chi connectivity index (χ2v) is 15.9. The van der Waals surface area contributed by atoms with Crippen molar-refractivity contribution >= 4 is 35.4 Å². The molecule has 314 valence electrons. The molecule has 1 fully saturated rings. The maximum atomic E-state index is 13.9. The smallest absolute Gasteiger partial charge is 0.416 e. The molecule has 4 aromatic carbocycles. The molecule has 1 saturated carbocycles. The van der Waals surface area contributed by atoms with E-state index in [-0.39, 0.29) is 36.0 Å². The van der Waals surface area contributed by atoms with E-state index in [0.29, 0.717) is 40.1 Å². The second kappa shape index (κ2) is 18.8. The number of amides is 2. The highest BCUT2D eigenvalue weighted by molar-refractivity contribution is 6.31. The van der Waals surface area contributed by atoms with Crippen LogP contribution in [0.25, 0.3) is 0 Å². The summed E-state index contributed by atoms with van der Waals surface area (Å²) in [5, 5.41) is 25.0. The third-order valence-electron chi connectivity index (χ3n) is 10.6. The van der Waals surface area contributed by atoms with Crippen molar-refractivity contribution in [2.24, 2.45) is 11.8 Å². The minimum Gasteiger partial charge on any atom is -0.478 e. The summed E-state index contributed by atoms with van der Waals surface area (Å²) in [4.78, 5) is 50.1. The Bertz CT molecular complexity index is 2120. The molecule has 0 heterocycles. The van der Waals surface area contributed by atoms with Crippen molar-refractivity contribution in [1.82, 2.24) is 10.6 Å². The van der Waals surface area contributed by atoms with Gasteiger partial charge >= 0.3 is 18.1 Å². The first kappa shape index (κ1) is 44.9. The number of alkyl halides is 3. The minimum absolute atomic E-state index is 0.0796. The van der Waals surface area contributed by atoms with Crippen LogP contribution >= 0.6 is 11.6 Å². The molecule has 5 atom stereocenters. The number of ether oxygens (including phenoxy) is 2. The third kappa shape index (κ3) is 11.5. The summed E-state index contributed by atoms with van der Waals surface area (Å²) in [5.74, 6) is -3.52. The standard InChI is InChI=1S/C45H48ClF3N2O8/c1-25(2)38(41(53)51-44(20-21-44)35-16-14-33(15-17-35)43(56)57)58-24-29-6-7-34(37(46)23-29)22-26(3)39(59-28(5)31-12-18-36(19-13-31)45(47,48)49)40(52)50-27(4)30-8-10-32(11-9-30)42(54)55/h6-19,23,25-28,38-39H,20-22,24H2,1-5H3,(H,50,52)(H,51,53)(H,54,55)(H,56,57)/t26?,27-,28?,38+,39+/m0/s1. The number of rotatable bonds is 18. The second-order valence-electron chi connectivity index (χ2n) is 15.5. The van der Waals surface area contributed by atoms with E-state index in [9.17, 15) is 42.6 Å². The number of carbonyl (C=O) groups is 4.